The zero-order valence-electron chi connectivity index (χ0n) is 15.0. The van der Waals surface area contributed by atoms with Crippen molar-refractivity contribution in [2.75, 3.05) is 6.79 Å². The highest BCUT2D eigenvalue weighted by atomic mass is 35.5. The number of nitrogens with zero attached hydrogens (tertiary/aromatic N) is 2. The third-order valence-corrected chi connectivity index (χ3v) is 4.97. The second-order valence-corrected chi connectivity index (χ2v) is 7.00. The lowest BCUT2D eigenvalue weighted by atomic mass is 10.2. The van der Waals surface area contributed by atoms with Crippen LogP contribution in [0.3, 0.4) is 0 Å². The Morgan fingerprint density at radius 2 is 2.00 bits per heavy atom. The molecule has 0 saturated heterocycles. The van der Waals surface area contributed by atoms with Crippen molar-refractivity contribution in [2.45, 2.75) is 6.54 Å². The van der Waals surface area contributed by atoms with E-state index in [1.807, 2.05) is 12.1 Å². The molecule has 1 aliphatic heterocycles. The summed E-state index contributed by atoms with van der Waals surface area (Å²) in [5.41, 5.74) is 1.67. The van der Waals surface area contributed by atoms with E-state index in [2.05, 4.69) is 10.3 Å². The van der Waals surface area contributed by atoms with E-state index in [0.717, 1.165) is 5.56 Å². The number of rotatable bonds is 3. The van der Waals surface area contributed by atoms with E-state index < -0.39 is 0 Å². The minimum atomic E-state index is -0.332. The lowest BCUT2D eigenvalue weighted by Crippen LogP contribution is -2.25. The van der Waals surface area contributed by atoms with Crippen molar-refractivity contribution in [3.63, 3.8) is 0 Å². The van der Waals surface area contributed by atoms with E-state index in [-0.39, 0.29) is 23.9 Å². The Morgan fingerprint density at radius 3 is 2.90 bits per heavy atom. The van der Waals surface area contributed by atoms with Crippen LogP contribution in [0.4, 0.5) is 0 Å². The number of amides is 1. The Labute approximate surface area is 169 Å². The van der Waals surface area contributed by atoms with Crippen molar-refractivity contribution in [3.8, 4) is 11.5 Å². The predicted molar refractivity (Wildman–Crippen MR) is 108 cm³/mol. The summed E-state index contributed by atoms with van der Waals surface area (Å²) in [6.07, 6.45) is 1.58. The number of halogens is 1. The molecular weight excluding hydrogens is 394 g/mol. The molecule has 0 fully saturated rings. The van der Waals surface area contributed by atoms with Gasteiger partial charge in [-0.15, -0.1) is 0 Å². The van der Waals surface area contributed by atoms with Gasteiger partial charge in [-0.25, -0.2) is 4.98 Å². The monoisotopic (exact) mass is 407 g/mol. The fourth-order valence-electron chi connectivity index (χ4n) is 3.30. The molecule has 7 nitrogen and oxygen atoms in total. The van der Waals surface area contributed by atoms with Crippen molar-refractivity contribution in [1.29, 1.82) is 0 Å². The third kappa shape index (κ3) is 3.05. The van der Waals surface area contributed by atoms with Gasteiger partial charge in [-0.1, -0.05) is 17.7 Å². The molecule has 1 N–H and O–H groups in total. The van der Waals surface area contributed by atoms with Crippen LogP contribution in [-0.4, -0.2) is 22.1 Å². The highest BCUT2D eigenvalue weighted by molar-refractivity contribution is 6.31. The Balaban J connectivity index is 1.49. The molecule has 8 heteroatoms. The third-order valence-electron chi connectivity index (χ3n) is 4.74. The van der Waals surface area contributed by atoms with Gasteiger partial charge in [-0.2, -0.15) is 0 Å². The maximum atomic E-state index is 12.8. The highest BCUT2D eigenvalue weighted by Gasteiger charge is 2.16. The molecule has 2 aromatic heterocycles. The molecule has 3 heterocycles. The normalized spacial score (nSPS) is 12.4. The second-order valence-electron chi connectivity index (χ2n) is 6.56. The van der Waals surface area contributed by atoms with Crippen molar-refractivity contribution >= 4 is 34.1 Å². The summed E-state index contributed by atoms with van der Waals surface area (Å²) >= 11 is 6.00. The van der Waals surface area contributed by atoms with Crippen molar-refractivity contribution in [3.05, 3.63) is 81.2 Å². The summed E-state index contributed by atoms with van der Waals surface area (Å²) < 4.78 is 12.0. The highest BCUT2D eigenvalue weighted by Crippen LogP contribution is 2.32. The van der Waals surface area contributed by atoms with Crippen LogP contribution in [0.5, 0.6) is 11.5 Å². The lowest BCUT2D eigenvalue weighted by Gasteiger charge is -2.10. The largest absolute Gasteiger partial charge is 0.454 e. The van der Waals surface area contributed by atoms with Crippen LogP contribution in [0.25, 0.3) is 16.6 Å². The van der Waals surface area contributed by atoms with Crippen LogP contribution in [0, 0.1) is 0 Å². The molecule has 0 spiro atoms. The predicted octanol–water partition coefficient (Wildman–Crippen LogP) is 3.16. The van der Waals surface area contributed by atoms with Crippen molar-refractivity contribution < 1.29 is 14.3 Å². The molecule has 0 saturated carbocycles. The van der Waals surface area contributed by atoms with Gasteiger partial charge in [-0.3, -0.25) is 14.0 Å². The summed E-state index contributed by atoms with van der Waals surface area (Å²) in [5, 5.41) is 3.71. The zero-order chi connectivity index (χ0) is 20.0. The van der Waals surface area contributed by atoms with Crippen LogP contribution in [-0.2, 0) is 6.54 Å². The van der Waals surface area contributed by atoms with E-state index in [1.165, 1.54) is 4.40 Å². The molecule has 29 heavy (non-hydrogen) atoms. The Bertz CT molecular complexity index is 1350. The van der Waals surface area contributed by atoms with Crippen LogP contribution >= 0.6 is 11.6 Å². The Morgan fingerprint density at radius 1 is 1.14 bits per heavy atom. The number of benzene rings is 2. The molecule has 1 amide bonds. The SMILES string of the molecule is O=C(NCc1ccc2c(c1)OCO2)c1cccn2c(=O)c3cc(Cl)ccc3nc12. The van der Waals surface area contributed by atoms with Crippen molar-refractivity contribution in [1.82, 2.24) is 14.7 Å². The summed E-state index contributed by atoms with van der Waals surface area (Å²) in [6.45, 7) is 0.491. The summed E-state index contributed by atoms with van der Waals surface area (Å²) in [7, 11) is 0. The average molecular weight is 408 g/mol. The van der Waals surface area contributed by atoms with Crippen LogP contribution in [0.1, 0.15) is 15.9 Å². The zero-order valence-corrected chi connectivity index (χ0v) is 15.8. The van der Waals surface area contributed by atoms with E-state index >= 15 is 0 Å². The fourth-order valence-corrected chi connectivity index (χ4v) is 3.48. The van der Waals surface area contributed by atoms with Crippen LogP contribution in [0.2, 0.25) is 5.02 Å². The van der Waals surface area contributed by atoms with E-state index in [9.17, 15) is 9.59 Å². The topological polar surface area (TPSA) is 81.9 Å². The minimum absolute atomic E-state index is 0.195. The molecule has 2 aromatic carbocycles. The maximum absolute atomic E-state index is 12.8. The first-order valence-corrected chi connectivity index (χ1v) is 9.25. The van der Waals surface area contributed by atoms with Gasteiger partial charge in [0.05, 0.1) is 16.5 Å². The molecule has 0 radical (unpaired) electrons. The Kier molecular flexibility index (Phi) is 4.10. The van der Waals surface area contributed by atoms with Gasteiger partial charge >= 0.3 is 0 Å². The van der Waals surface area contributed by atoms with Gasteiger partial charge in [0, 0.05) is 17.8 Å². The second kappa shape index (κ2) is 6.79. The van der Waals surface area contributed by atoms with Crippen LogP contribution < -0.4 is 20.3 Å². The summed E-state index contributed by atoms with van der Waals surface area (Å²) in [5.74, 6) is 1.01. The molecule has 4 aromatic rings. The van der Waals surface area contributed by atoms with E-state index in [4.69, 9.17) is 21.1 Å². The number of fused-ring (bicyclic) bond motifs is 3. The van der Waals surface area contributed by atoms with Gasteiger partial charge in [-0.05, 0) is 48.0 Å². The number of carbonyl (C=O) groups excluding carboxylic acids is 1. The molecule has 0 atom stereocenters. The van der Waals surface area contributed by atoms with Gasteiger partial charge in [0.1, 0.15) is 0 Å². The van der Waals surface area contributed by atoms with E-state index in [1.54, 1.807) is 42.6 Å². The summed E-state index contributed by atoms with van der Waals surface area (Å²) in [6, 6.07) is 13.7. The van der Waals surface area contributed by atoms with Gasteiger partial charge < -0.3 is 14.8 Å². The fraction of sp³-hybridized carbons (Fsp3) is 0.0952. The van der Waals surface area contributed by atoms with Gasteiger partial charge in [0.15, 0.2) is 17.1 Å². The van der Waals surface area contributed by atoms with Gasteiger partial charge in [0.2, 0.25) is 6.79 Å². The quantitative estimate of drug-likeness (QED) is 0.527. The van der Waals surface area contributed by atoms with E-state index in [0.29, 0.717) is 39.5 Å². The molecule has 144 valence electrons. The van der Waals surface area contributed by atoms with Crippen LogP contribution in [0.15, 0.2) is 59.5 Å². The Hall–Kier alpha value is -3.58. The molecule has 1 aliphatic rings. The minimum Gasteiger partial charge on any atom is -0.454 e. The first-order chi connectivity index (χ1) is 14.1. The lowest BCUT2D eigenvalue weighted by molar-refractivity contribution is 0.0952. The summed E-state index contributed by atoms with van der Waals surface area (Å²) in [4.78, 5) is 30.1. The number of hydrogen-bond acceptors (Lipinski definition) is 5. The molecular formula is C21H14ClN3O4. The standard InChI is InChI=1S/C21H14ClN3O4/c22-13-4-5-16-15(9-13)21(27)25-7-1-2-14(19(25)24-16)20(26)23-10-12-3-6-17-18(8-12)29-11-28-17/h1-9H,10-11H2,(H,23,26). The number of carbonyl (C=O) groups is 1. The first-order valence-electron chi connectivity index (χ1n) is 8.87. The average Bonchev–Trinajstić information content (AvgIpc) is 3.20. The molecule has 0 aliphatic carbocycles. The number of aromatic nitrogens is 2. The number of hydrogen-bond donors (Lipinski definition) is 1. The smallest absolute Gasteiger partial charge is 0.265 e. The number of ether oxygens (including phenoxy) is 2. The molecule has 0 unspecified atom stereocenters. The number of nitrogens with one attached hydrogen (secondary N) is 1. The first kappa shape index (κ1) is 17.5. The molecule has 5 rings (SSSR count). The molecule has 0 bridgehead atoms. The van der Waals surface area contributed by atoms with Gasteiger partial charge in [0.25, 0.3) is 11.5 Å². The maximum Gasteiger partial charge on any atom is 0.265 e. The van der Waals surface area contributed by atoms with Crippen molar-refractivity contribution in [2.24, 2.45) is 0 Å². The number of pyridine rings is 1.